The van der Waals surface area contributed by atoms with E-state index in [1.165, 1.54) is 12.1 Å². The topological polar surface area (TPSA) is 55.1 Å². The van der Waals surface area contributed by atoms with Crippen molar-refractivity contribution in [2.24, 2.45) is 0 Å². The van der Waals surface area contributed by atoms with E-state index in [0.717, 1.165) is 52.4 Å². The molecule has 0 saturated carbocycles. The van der Waals surface area contributed by atoms with Crippen molar-refractivity contribution in [1.29, 1.82) is 0 Å². The van der Waals surface area contributed by atoms with E-state index >= 15 is 0 Å². The molecule has 25 heavy (non-hydrogen) atoms. The summed E-state index contributed by atoms with van der Waals surface area (Å²) in [7, 11) is 0. The largest absolute Gasteiger partial charge is 0.356 e. The summed E-state index contributed by atoms with van der Waals surface area (Å²) in [5.41, 5.74) is 2.42. The highest BCUT2D eigenvalue weighted by Gasteiger charge is 2.26. The van der Waals surface area contributed by atoms with Gasteiger partial charge in [0.2, 0.25) is 0 Å². The zero-order chi connectivity index (χ0) is 16.8. The lowest BCUT2D eigenvalue weighted by atomic mass is 9.92. The fourth-order valence-electron chi connectivity index (χ4n) is 3.47. The molecule has 0 bridgehead atoms. The number of anilines is 1. The second-order valence-corrected chi connectivity index (χ2v) is 7.32. The molecule has 4 aromatic rings. The lowest BCUT2D eigenvalue weighted by Crippen LogP contribution is -2.32. The van der Waals surface area contributed by atoms with Gasteiger partial charge < -0.3 is 9.42 Å². The molecular weight excluding hydrogens is 339 g/mol. The zero-order valence-corrected chi connectivity index (χ0v) is 14.2. The fraction of sp³-hybridized carbons (Fsp3) is 0.278. The maximum Gasteiger partial charge on any atom is 0.186 e. The highest BCUT2D eigenvalue weighted by Crippen LogP contribution is 2.36. The van der Waals surface area contributed by atoms with Gasteiger partial charge in [-0.15, -0.1) is 0 Å². The van der Waals surface area contributed by atoms with Crippen LogP contribution in [-0.2, 0) is 0 Å². The minimum atomic E-state index is -0.296. The molecule has 126 valence electrons. The van der Waals surface area contributed by atoms with Crippen LogP contribution >= 0.6 is 11.3 Å². The van der Waals surface area contributed by atoms with Gasteiger partial charge >= 0.3 is 0 Å². The van der Waals surface area contributed by atoms with Crippen molar-refractivity contribution in [3.8, 4) is 0 Å². The number of pyridine rings is 1. The standard InChI is InChI=1S/C18H15FN4OS/c19-12-1-2-13-15(9-12)24-22-17(13)11-4-7-23(8-5-11)18-21-14-10-20-6-3-16(14)25-18/h1-3,6,9-11H,4-5,7-8H2. The zero-order valence-electron chi connectivity index (χ0n) is 13.4. The lowest BCUT2D eigenvalue weighted by Gasteiger charge is -2.30. The number of rotatable bonds is 2. The summed E-state index contributed by atoms with van der Waals surface area (Å²) < 4.78 is 19.8. The van der Waals surface area contributed by atoms with Crippen LogP contribution in [0.4, 0.5) is 9.52 Å². The molecule has 0 unspecified atom stereocenters. The normalized spacial score (nSPS) is 16.1. The molecule has 1 aromatic carbocycles. The first kappa shape index (κ1) is 14.8. The molecule has 0 N–H and O–H groups in total. The van der Waals surface area contributed by atoms with E-state index in [0.29, 0.717) is 11.5 Å². The van der Waals surface area contributed by atoms with Crippen LogP contribution in [0.25, 0.3) is 21.2 Å². The molecule has 3 aromatic heterocycles. The van der Waals surface area contributed by atoms with Crippen molar-refractivity contribution in [1.82, 2.24) is 15.1 Å². The number of halogens is 1. The summed E-state index contributed by atoms with van der Waals surface area (Å²) in [5, 5.41) is 6.18. The van der Waals surface area contributed by atoms with Crippen molar-refractivity contribution in [3.63, 3.8) is 0 Å². The summed E-state index contributed by atoms with van der Waals surface area (Å²) in [6.07, 6.45) is 5.57. The first-order valence-electron chi connectivity index (χ1n) is 8.28. The Bertz CT molecular complexity index is 1020. The minimum absolute atomic E-state index is 0.296. The van der Waals surface area contributed by atoms with Crippen LogP contribution in [0.15, 0.2) is 41.2 Å². The average molecular weight is 354 g/mol. The summed E-state index contributed by atoms with van der Waals surface area (Å²) in [6.45, 7) is 1.85. The van der Waals surface area contributed by atoms with Gasteiger partial charge in [-0.2, -0.15) is 0 Å². The van der Waals surface area contributed by atoms with Gasteiger partial charge in [0.15, 0.2) is 10.7 Å². The van der Waals surface area contributed by atoms with E-state index in [-0.39, 0.29) is 5.82 Å². The molecule has 0 spiro atoms. The van der Waals surface area contributed by atoms with Crippen LogP contribution in [-0.4, -0.2) is 28.2 Å². The van der Waals surface area contributed by atoms with Crippen LogP contribution in [0.3, 0.4) is 0 Å². The lowest BCUT2D eigenvalue weighted by molar-refractivity contribution is 0.416. The monoisotopic (exact) mass is 354 g/mol. The van der Waals surface area contributed by atoms with Crippen molar-refractivity contribution in [3.05, 3.63) is 48.2 Å². The van der Waals surface area contributed by atoms with Crippen molar-refractivity contribution < 1.29 is 8.91 Å². The highest BCUT2D eigenvalue weighted by molar-refractivity contribution is 7.22. The molecule has 1 aliphatic rings. The number of fused-ring (bicyclic) bond motifs is 2. The van der Waals surface area contributed by atoms with Crippen LogP contribution in [0.5, 0.6) is 0 Å². The molecule has 1 saturated heterocycles. The Labute approximate surface area is 147 Å². The highest BCUT2D eigenvalue weighted by atomic mass is 32.1. The Morgan fingerprint density at radius 3 is 2.92 bits per heavy atom. The summed E-state index contributed by atoms with van der Waals surface area (Å²) >= 11 is 1.71. The van der Waals surface area contributed by atoms with Gasteiger partial charge in [0.1, 0.15) is 11.3 Å². The molecule has 1 aliphatic heterocycles. The van der Waals surface area contributed by atoms with Crippen molar-refractivity contribution in [2.45, 2.75) is 18.8 Å². The Morgan fingerprint density at radius 1 is 1.20 bits per heavy atom. The number of nitrogens with zero attached hydrogens (tertiary/aromatic N) is 4. The Kier molecular flexibility index (Phi) is 3.41. The molecular formula is C18H15FN4OS. The van der Waals surface area contributed by atoms with E-state index in [9.17, 15) is 4.39 Å². The first-order valence-corrected chi connectivity index (χ1v) is 9.10. The second kappa shape index (κ2) is 5.77. The van der Waals surface area contributed by atoms with Crippen molar-refractivity contribution >= 4 is 37.7 Å². The SMILES string of the molecule is Fc1ccc2c(C3CCN(c4nc5cnccc5s4)CC3)noc2c1. The van der Waals surface area contributed by atoms with E-state index in [1.807, 2.05) is 12.3 Å². The van der Waals surface area contributed by atoms with Gasteiger partial charge in [-0.25, -0.2) is 9.37 Å². The van der Waals surface area contributed by atoms with Gasteiger partial charge in [0.05, 0.1) is 16.6 Å². The number of thiazole rings is 1. The molecule has 0 atom stereocenters. The van der Waals surface area contributed by atoms with E-state index in [4.69, 9.17) is 4.52 Å². The summed E-state index contributed by atoms with van der Waals surface area (Å²) in [6, 6.07) is 6.64. The van der Waals surface area contributed by atoms with Gasteiger partial charge in [0, 0.05) is 36.7 Å². The third-order valence-corrected chi connectivity index (χ3v) is 5.89. The van der Waals surface area contributed by atoms with Crippen molar-refractivity contribution in [2.75, 3.05) is 18.0 Å². The van der Waals surface area contributed by atoms with Gasteiger partial charge in [0.25, 0.3) is 0 Å². The molecule has 0 amide bonds. The predicted octanol–water partition coefficient (Wildman–Crippen LogP) is 4.36. The van der Waals surface area contributed by atoms with Gasteiger partial charge in [-0.3, -0.25) is 4.98 Å². The van der Waals surface area contributed by atoms with Crippen LogP contribution in [0.2, 0.25) is 0 Å². The molecule has 7 heteroatoms. The van der Waals surface area contributed by atoms with E-state index in [1.54, 1.807) is 23.6 Å². The summed E-state index contributed by atoms with van der Waals surface area (Å²) in [5.74, 6) is 0.0364. The summed E-state index contributed by atoms with van der Waals surface area (Å²) in [4.78, 5) is 11.1. The van der Waals surface area contributed by atoms with Gasteiger partial charge in [-0.05, 0) is 31.0 Å². The third kappa shape index (κ3) is 2.55. The van der Waals surface area contributed by atoms with Gasteiger partial charge in [-0.1, -0.05) is 16.5 Å². The first-order chi connectivity index (χ1) is 12.3. The predicted molar refractivity (Wildman–Crippen MR) is 95.6 cm³/mol. The third-order valence-electron chi connectivity index (χ3n) is 4.79. The Balaban J connectivity index is 1.36. The second-order valence-electron chi connectivity index (χ2n) is 6.31. The van der Waals surface area contributed by atoms with E-state index in [2.05, 4.69) is 20.0 Å². The maximum absolute atomic E-state index is 13.3. The number of benzene rings is 1. The van der Waals surface area contributed by atoms with Crippen LogP contribution in [0.1, 0.15) is 24.5 Å². The number of hydrogen-bond acceptors (Lipinski definition) is 6. The Morgan fingerprint density at radius 2 is 2.08 bits per heavy atom. The fourth-order valence-corrected chi connectivity index (χ4v) is 4.46. The smallest absolute Gasteiger partial charge is 0.186 e. The average Bonchev–Trinajstić information content (AvgIpc) is 3.25. The quantitative estimate of drug-likeness (QED) is 0.535. The van der Waals surface area contributed by atoms with Crippen LogP contribution < -0.4 is 4.90 Å². The molecule has 1 fully saturated rings. The molecule has 4 heterocycles. The number of piperidine rings is 1. The molecule has 0 aliphatic carbocycles. The number of hydrogen-bond donors (Lipinski definition) is 0. The molecule has 5 nitrogen and oxygen atoms in total. The Hall–Kier alpha value is -2.54. The van der Waals surface area contributed by atoms with Crippen LogP contribution in [0, 0.1) is 5.82 Å². The number of aromatic nitrogens is 3. The molecule has 5 rings (SSSR count). The maximum atomic E-state index is 13.3. The van der Waals surface area contributed by atoms with E-state index < -0.39 is 0 Å². The molecule has 0 radical (unpaired) electrons. The minimum Gasteiger partial charge on any atom is -0.356 e.